The molecule has 15 nitrogen and oxygen atoms in total. The zero-order valence-electron chi connectivity index (χ0n) is 43.6. The summed E-state index contributed by atoms with van der Waals surface area (Å²) in [6, 6.07) is -1.29. The molecule has 0 amide bonds. The summed E-state index contributed by atoms with van der Waals surface area (Å²) in [6.45, 7) is 19.8. The van der Waals surface area contributed by atoms with E-state index in [1.165, 1.54) is 65.4 Å². The smallest absolute Gasteiger partial charge is 0.311 e. The lowest BCUT2D eigenvalue weighted by Gasteiger charge is -2.49. The van der Waals surface area contributed by atoms with Gasteiger partial charge >= 0.3 is 5.97 Å². The predicted octanol–water partition coefficient (Wildman–Crippen LogP) is 6.50. The standard InChI is InChI=1S/C51H96N2O13/c1-15-17-18-19-20-21-22-23-24-25-26-27-40(54)53(13)38-28-33(4)62-48(42(38)55)66-46-34(5)43(65-41-30-50(10,61-14)45(57)37(8)63-41)35(6)47(58)64-39(16-2)51(11,60)44(56)36(7)52(12)31-32(3)29-49(46,9)59/h32-43,45-46,48,54-55,57,59-60H,15-31H2,1-14H3/t32-,33-,34+,35-,36-,37+,38+,39-,40?,41-,42-,43+,45+,46-,48+,49-,50-,51-/m1/s1. The fourth-order valence-corrected chi connectivity index (χ4v) is 10.9. The molecule has 1 unspecified atom stereocenters. The van der Waals surface area contributed by atoms with Gasteiger partial charge in [0.05, 0.1) is 47.6 Å². The van der Waals surface area contributed by atoms with Gasteiger partial charge in [0.1, 0.15) is 24.5 Å². The quantitative estimate of drug-likeness (QED) is 0.0504. The Kier molecular flexibility index (Phi) is 23.9. The van der Waals surface area contributed by atoms with Crippen molar-refractivity contribution >= 4 is 11.8 Å². The summed E-state index contributed by atoms with van der Waals surface area (Å²) >= 11 is 0. The predicted molar refractivity (Wildman–Crippen MR) is 254 cm³/mol. The first-order valence-corrected chi connectivity index (χ1v) is 25.7. The van der Waals surface area contributed by atoms with Crippen molar-refractivity contribution in [2.45, 2.75) is 269 Å². The van der Waals surface area contributed by atoms with Gasteiger partial charge in [-0.15, -0.1) is 0 Å². The van der Waals surface area contributed by atoms with Crippen LogP contribution in [-0.2, 0) is 38.0 Å². The molecule has 0 aliphatic carbocycles. The Balaban J connectivity index is 1.96. The molecule has 0 bridgehead atoms. The third-order valence-electron chi connectivity index (χ3n) is 15.4. The van der Waals surface area contributed by atoms with Crippen molar-refractivity contribution in [2.75, 3.05) is 27.7 Å². The Labute approximate surface area is 398 Å². The van der Waals surface area contributed by atoms with Gasteiger partial charge < -0.3 is 54.0 Å². The van der Waals surface area contributed by atoms with E-state index in [9.17, 15) is 35.1 Å². The van der Waals surface area contributed by atoms with Crippen molar-refractivity contribution in [1.82, 2.24) is 9.80 Å². The van der Waals surface area contributed by atoms with Gasteiger partial charge in [0.25, 0.3) is 0 Å². The molecule has 66 heavy (non-hydrogen) atoms. The van der Waals surface area contributed by atoms with Gasteiger partial charge in [0.15, 0.2) is 24.0 Å². The van der Waals surface area contributed by atoms with E-state index in [0.717, 1.165) is 19.3 Å². The molecule has 3 fully saturated rings. The molecular formula is C51H96N2O13. The van der Waals surface area contributed by atoms with E-state index in [4.69, 9.17) is 28.4 Å². The minimum Gasteiger partial charge on any atom is -0.459 e. The van der Waals surface area contributed by atoms with E-state index in [1.54, 1.807) is 60.4 Å². The molecule has 3 aliphatic heterocycles. The van der Waals surface area contributed by atoms with Gasteiger partial charge in [0, 0.05) is 32.0 Å². The van der Waals surface area contributed by atoms with Gasteiger partial charge in [-0.1, -0.05) is 91.9 Å². The van der Waals surface area contributed by atoms with Gasteiger partial charge in [-0.3, -0.25) is 19.4 Å². The van der Waals surface area contributed by atoms with E-state index in [1.807, 2.05) is 25.8 Å². The Morgan fingerprint density at radius 1 is 0.848 bits per heavy atom. The molecule has 3 saturated heterocycles. The number of esters is 1. The van der Waals surface area contributed by atoms with E-state index >= 15 is 0 Å². The van der Waals surface area contributed by atoms with Gasteiger partial charge in [-0.25, -0.2) is 0 Å². The summed E-state index contributed by atoms with van der Waals surface area (Å²) in [6.07, 6.45) is 4.94. The Morgan fingerprint density at radius 2 is 1.42 bits per heavy atom. The second-order valence-electron chi connectivity index (χ2n) is 21.4. The van der Waals surface area contributed by atoms with Crippen LogP contribution in [-0.4, -0.2) is 165 Å². The van der Waals surface area contributed by atoms with Crippen molar-refractivity contribution < 1.29 is 63.5 Å². The first-order chi connectivity index (χ1) is 30.9. The number of cyclic esters (lactones) is 1. The zero-order valence-corrected chi connectivity index (χ0v) is 43.6. The minimum absolute atomic E-state index is 0.0987. The topological polar surface area (TPSA) is 197 Å². The van der Waals surface area contributed by atoms with Crippen LogP contribution in [0.25, 0.3) is 0 Å². The highest BCUT2D eigenvalue weighted by atomic mass is 16.7. The summed E-state index contributed by atoms with van der Waals surface area (Å²) in [4.78, 5) is 32.0. The first kappa shape index (κ1) is 59.0. The number of Topliss-reactive ketones (excluding diaryl/α,β-unsaturated/α-hetero) is 1. The third-order valence-corrected chi connectivity index (χ3v) is 15.4. The highest BCUT2D eigenvalue weighted by Gasteiger charge is 2.53. The van der Waals surface area contributed by atoms with Crippen LogP contribution in [0.15, 0.2) is 0 Å². The fourth-order valence-electron chi connectivity index (χ4n) is 10.9. The van der Waals surface area contributed by atoms with Crippen LogP contribution >= 0.6 is 0 Å². The molecule has 3 rings (SSSR count). The molecule has 5 N–H and O–H groups in total. The summed E-state index contributed by atoms with van der Waals surface area (Å²) < 4.78 is 38.0. The van der Waals surface area contributed by atoms with Crippen LogP contribution in [0.4, 0.5) is 0 Å². The fraction of sp³-hybridized carbons (Fsp3) is 0.961. The highest BCUT2D eigenvalue weighted by molar-refractivity contribution is 5.92. The Bertz CT molecular complexity index is 1440. The van der Waals surface area contributed by atoms with Gasteiger partial charge in [-0.05, 0) is 101 Å². The van der Waals surface area contributed by atoms with Gasteiger partial charge in [0.2, 0.25) is 0 Å². The number of methoxy groups -OCH3 is 1. The van der Waals surface area contributed by atoms with Crippen molar-refractivity contribution in [1.29, 1.82) is 0 Å². The molecule has 18 atom stereocenters. The maximum atomic E-state index is 14.4. The van der Waals surface area contributed by atoms with Gasteiger partial charge in [-0.2, -0.15) is 0 Å². The van der Waals surface area contributed by atoms with E-state index in [2.05, 4.69) is 6.92 Å². The van der Waals surface area contributed by atoms with Crippen LogP contribution in [0.2, 0.25) is 0 Å². The summed E-state index contributed by atoms with van der Waals surface area (Å²) in [7, 11) is 5.10. The zero-order chi connectivity index (χ0) is 49.7. The highest BCUT2D eigenvalue weighted by Crippen LogP contribution is 2.40. The van der Waals surface area contributed by atoms with E-state index < -0.39 is 108 Å². The van der Waals surface area contributed by atoms with Crippen LogP contribution in [0, 0.1) is 17.8 Å². The van der Waals surface area contributed by atoms with Crippen molar-refractivity contribution in [3.05, 3.63) is 0 Å². The van der Waals surface area contributed by atoms with Crippen molar-refractivity contribution in [3.63, 3.8) is 0 Å². The molecule has 3 aliphatic rings. The van der Waals surface area contributed by atoms with Crippen molar-refractivity contribution in [2.24, 2.45) is 17.8 Å². The van der Waals surface area contributed by atoms with E-state index in [0.29, 0.717) is 19.4 Å². The van der Waals surface area contributed by atoms with Crippen LogP contribution < -0.4 is 0 Å². The van der Waals surface area contributed by atoms with Crippen LogP contribution in [0.5, 0.6) is 0 Å². The summed E-state index contributed by atoms with van der Waals surface area (Å²) in [5.74, 6) is -3.38. The molecule has 0 saturated carbocycles. The second kappa shape index (κ2) is 26.8. The normalized spacial score (nSPS) is 41.0. The number of aliphatic hydroxyl groups is 5. The lowest BCUT2D eigenvalue weighted by atomic mass is 9.77. The SMILES string of the molecule is CCCCCCCCCCCCCC(O)N(C)[C@H]1C[C@@H](C)O[C@@H](O[C@@H]2[C@@H](C)[C@H](O[C@@H]3C[C@@](C)(OC)[C@@H](O)[C@H](C)O3)[C@@H](C)C(=O)O[C@H](CC)[C@@](C)(O)C(=O)[C@@H](C)N(C)C[C@H](C)C[C@@]2(C)O)[C@@H]1O. The van der Waals surface area contributed by atoms with Crippen LogP contribution in [0.3, 0.4) is 0 Å². The lowest BCUT2D eigenvalue weighted by Crippen LogP contribution is -2.61. The first-order valence-electron chi connectivity index (χ1n) is 25.7. The summed E-state index contributed by atoms with van der Waals surface area (Å²) in [5.41, 5.74) is -4.72. The second-order valence-corrected chi connectivity index (χ2v) is 21.4. The largest absolute Gasteiger partial charge is 0.459 e. The number of hydrogen-bond acceptors (Lipinski definition) is 15. The number of unbranched alkanes of at least 4 members (excludes halogenated alkanes) is 10. The molecule has 388 valence electrons. The molecule has 3 heterocycles. The number of ketones is 1. The third kappa shape index (κ3) is 15.8. The number of likely N-dealkylation sites (N-methyl/N-ethyl adjacent to an activating group) is 2. The van der Waals surface area contributed by atoms with Crippen LogP contribution in [0.1, 0.15) is 179 Å². The maximum Gasteiger partial charge on any atom is 0.311 e. The molecule has 0 radical (unpaired) electrons. The molecule has 0 aromatic heterocycles. The Hall–Kier alpha value is -1.34. The molecule has 15 heteroatoms. The molecule has 0 aromatic carbocycles. The number of nitrogens with zero attached hydrogens (tertiary/aromatic N) is 2. The maximum absolute atomic E-state index is 14.4. The number of rotatable bonds is 20. The monoisotopic (exact) mass is 945 g/mol. The molecule has 0 spiro atoms. The average molecular weight is 945 g/mol. The Morgan fingerprint density at radius 3 is 1.98 bits per heavy atom. The molecule has 0 aromatic rings. The number of carbonyl (C=O) groups is 2. The lowest BCUT2D eigenvalue weighted by molar-refractivity contribution is -0.319. The van der Waals surface area contributed by atoms with Crippen molar-refractivity contribution in [3.8, 4) is 0 Å². The minimum atomic E-state index is -2.02. The van der Waals surface area contributed by atoms with E-state index in [-0.39, 0.29) is 31.3 Å². The number of carbonyl (C=O) groups excluding carboxylic acids is 2. The molecular weight excluding hydrogens is 849 g/mol. The number of hydrogen-bond donors (Lipinski definition) is 5. The average Bonchev–Trinajstić information content (AvgIpc) is 3.26. The summed E-state index contributed by atoms with van der Waals surface area (Å²) in [5, 5.41) is 59.1. The number of ether oxygens (including phenoxy) is 6. The number of aliphatic hydroxyl groups excluding tert-OH is 3.